The molecule has 22 heavy (non-hydrogen) atoms. The maximum atomic E-state index is 14.1. The Bertz CT molecular complexity index is 653. The minimum Gasteiger partial charge on any atom is -0.478 e. The highest BCUT2D eigenvalue weighted by atomic mass is 19.1. The maximum Gasteiger partial charge on any atom is 0.335 e. The van der Waals surface area contributed by atoms with Crippen molar-refractivity contribution in [3.8, 4) is 0 Å². The molecule has 3 rings (SSSR count). The van der Waals surface area contributed by atoms with Crippen LogP contribution in [0.3, 0.4) is 0 Å². The maximum absolute atomic E-state index is 14.1. The topological polar surface area (TPSA) is 79.2 Å². The first-order valence-electron chi connectivity index (χ1n) is 7.07. The Balaban J connectivity index is 1.86. The van der Waals surface area contributed by atoms with Crippen molar-refractivity contribution in [3.05, 3.63) is 29.6 Å². The van der Waals surface area contributed by atoms with E-state index >= 15 is 0 Å². The highest BCUT2D eigenvalue weighted by molar-refractivity contribution is 6.13. The number of halogens is 1. The molecule has 0 spiro atoms. The van der Waals surface area contributed by atoms with E-state index in [1.54, 1.807) is 0 Å². The number of amides is 1. The fourth-order valence-corrected chi connectivity index (χ4v) is 2.71. The van der Waals surface area contributed by atoms with Gasteiger partial charge in [-0.1, -0.05) is 0 Å². The molecule has 1 saturated heterocycles. The minimum atomic E-state index is -1.22. The molecule has 2 aliphatic rings. The predicted octanol–water partition coefficient (Wildman–Crippen LogP) is 2.04. The number of rotatable bonds is 3. The lowest BCUT2D eigenvalue weighted by Crippen LogP contribution is -2.23. The summed E-state index contributed by atoms with van der Waals surface area (Å²) in [7, 11) is 0. The molecule has 0 unspecified atom stereocenters. The van der Waals surface area contributed by atoms with E-state index in [1.165, 1.54) is 12.1 Å². The molecule has 0 saturated carbocycles. The van der Waals surface area contributed by atoms with Crippen LogP contribution in [0.25, 0.3) is 0 Å². The van der Waals surface area contributed by atoms with Crippen LogP contribution in [0.1, 0.15) is 29.6 Å². The van der Waals surface area contributed by atoms with Crippen molar-refractivity contribution < 1.29 is 23.8 Å². The number of carbonyl (C=O) groups is 2. The molecular weight excluding hydrogens is 291 g/mol. The van der Waals surface area contributed by atoms with E-state index in [4.69, 9.17) is 9.84 Å². The Morgan fingerprint density at radius 2 is 2.09 bits per heavy atom. The number of nitrogens with zero attached hydrogens (tertiary/aromatic N) is 2. The molecule has 1 N–H and O–H groups in total. The third-order valence-corrected chi connectivity index (χ3v) is 3.91. The molecule has 0 aromatic heterocycles. The van der Waals surface area contributed by atoms with Gasteiger partial charge in [-0.05, 0) is 31.0 Å². The van der Waals surface area contributed by atoms with Gasteiger partial charge in [-0.3, -0.25) is 4.79 Å². The molecule has 1 aromatic rings. The monoisotopic (exact) mass is 306 g/mol. The van der Waals surface area contributed by atoms with E-state index in [0.717, 1.165) is 29.6 Å². The van der Waals surface area contributed by atoms with Crippen molar-refractivity contribution in [1.29, 1.82) is 0 Å². The zero-order valence-corrected chi connectivity index (χ0v) is 11.8. The van der Waals surface area contributed by atoms with Gasteiger partial charge in [0.1, 0.15) is 11.5 Å². The molecule has 0 aliphatic carbocycles. The lowest BCUT2D eigenvalue weighted by atomic mass is 9.93. The molecular formula is C15H15FN2O4. The van der Waals surface area contributed by atoms with E-state index in [9.17, 15) is 14.0 Å². The highest BCUT2D eigenvalue weighted by Gasteiger charge is 2.32. The molecule has 1 aromatic carbocycles. The third kappa shape index (κ3) is 2.71. The number of benzene rings is 1. The Hall–Kier alpha value is -2.28. The van der Waals surface area contributed by atoms with Gasteiger partial charge in [-0.2, -0.15) is 10.1 Å². The summed E-state index contributed by atoms with van der Waals surface area (Å²) in [6.45, 7) is 1.28. The fraction of sp³-hybridized carbons (Fsp3) is 0.400. The second kappa shape index (κ2) is 5.84. The largest absolute Gasteiger partial charge is 0.478 e. The second-order valence-electron chi connectivity index (χ2n) is 5.33. The SMILES string of the molecule is O=C(O)c1ccc(N2N=C(C3CCOCC3)CC2=O)c(F)c1. The fourth-order valence-electron chi connectivity index (χ4n) is 2.71. The van der Waals surface area contributed by atoms with Crippen molar-refractivity contribution in [1.82, 2.24) is 0 Å². The number of ether oxygens (including phenoxy) is 1. The predicted molar refractivity (Wildman–Crippen MR) is 76.4 cm³/mol. The summed E-state index contributed by atoms with van der Waals surface area (Å²) in [6.07, 6.45) is 1.78. The van der Waals surface area contributed by atoms with Crippen LogP contribution in [0.5, 0.6) is 0 Å². The number of carboxylic acid groups (broad SMARTS) is 1. The zero-order valence-electron chi connectivity index (χ0n) is 11.8. The van der Waals surface area contributed by atoms with Gasteiger partial charge in [0.05, 0.1) is 17.7 Å². The second-order valence-corrected chi connectivity index (χ2v) is 5.33. The Morgan fingerprint density at radius 1 is 1.36 bits per heavy atom. The normalized spacial score (nSPS) is 19.4. The van der Waals surface area contributed by atoms with Gasteiger partial charge in [-0.25, -0.2) is 9.18 Å². The lowest BCUT2D eigenvalue weighted by molar-refractivity contribution is -0.117. The van der Waals surface area contributed by atoms with Gasteiger partial charge < -0.3 is 9.84 Å². The van der Waals surface area contributed by atoms with Gasteiger partial charge in [-0.15, -0.1) is 0 Å². The van der Waals surface area contributed by atoms with Crippen LogP contribution in [-0.4, -0.2) is 35.9 Å². The number of carbonyl (C=O) groups excluding carboxylic acids is 1. The van der Waals surface area contributed by atoms with E-state index in [0.29, 0.717) is 13.2 Å². The Morgan fingerprint density at radius 3 is 2.73 bits per heavy atom. The minimum absolute atomic E-state index is 0.0166. The van der Waals surface area contributed by atoms with Crippen LogP contribution in [0.2, 0.25) is 0 Å². The molecule has 2 aliphatic heterocycles. The summed E-state index contributed by atoms with van der Waals surface area (Å²) >= 11 is 0. The quantitative estimate of drug-likeness (QED) is 0.927. The van der Waals surface area contributed by atoms with Crippen LogP contribution < -0.4 is 5.01 Å². The Kier molecular flexibility index (Phi) is 3.89. The summed E-state index contributed by atoms with van der Waals surface area (Å²) in [5.74, 6) is -2.11. The zero-order chi connectivity index (χ0) is 15.7. The lowest BCUT2D eigenvalue weighted by Gasteiger charge is -2.21. The summed E-state index contributed by atoms with van der Waals surface area (Å²) in [4.78, 5) is 22.9. The number of hydrazone groups is 1. The summed E-state index contributed by atoms with van der Waals surface area (Å²) in [6, 6.07) is 3.43. The molecule has 1 amide bonds. The molecule has 7 heteroatoms. The smallest absolute Gasteiger partial charge is 0.335 e. The summed E-state index contributed by atoms with van der Waals surface area (Å²) in [5.41, 5.74) is 0.564. The van der Waals surface area contributed by atoms with Gasteiger partial charge in [0.2, 0.25) is 0 Å². The molecule has 0 radical (unpaired) electrons. The van der Waals surface area contributed by atoms with E-state index in [-0.39, 0.29) is 29.5 Å². The molecule has 0 atom stereocenters. The average molecular weight is 306 g/mol. The van der Waals surface area contributed by atoms with E-state index in [2.05, 4.69) is 5.10 Å². The number of hydrogen-bond acceptors (Lipinski definition) is 4. The van der Waals surface area contributed by atoms with Gasteiger partial charge in [0.25, 0.3) is 5.91 Å². The van der Waals surface area contributed by atoms with Crippen LogP contribution in [0, 0.1) is 11.7 Å². The standard InChI is InChI=1S/C15H15FN2O4/c16-11-7-10(15(20)21)1-2-13(11)18-14(19)8-12(17-18)9-3-5-22-6-4-9/h1-2,7,9H,3-6,8H2,(H,20,21). The van der Waals surface area contributed by atoms with Crippen molar-refractivity contribution in [2.24, 2.45) is 11.0 Å². The molecule has 6 nitrogen and oxygen atoms in total. The van der Waals surface area contributed by atoms with Gasteiger partial charge >= 0.3 is 5.97 Å². The van der Waals surface area contributed by atoms with E-state index in [1.807, 2.05) is 0 Å². The molecule has 2 heterocycles. The highest BCUT2D eigenvalue weighted by Crippen LogP contribution is 2.29. The van der Waals surface area contributed by atoms with Crippen molar-refractivity contribution in [2.45, 2.75) is 19.3 Å². The number of carboxylic acids is 1. The molecule has 0 bridgehead atoms. The average Bonchev–Trinajstić information content (AvgIpc) is 2.90. The van der Waals surface area contributed by atoms with Gasteiger partial charge in [0, 0.05) is 19.1 Å². The van der Waals surface area contributed by atoms with E-state index < -0.39 is 11.8 Å². The van der Waals surface area contributed by atoms with Crippen LogP contribution in [0.15, 0.2) is 23.3 Å². The van der Waals surface area contributed by atoms with Crippen LogP contribution in [-0.2, 0) is 9.53 Å². The first-order valence-corrected chi connectivity index (χ1v) is 7.07. The summed E-state index contributed by atoms with van der Waals surface area (Å²) < 4.78 is 19.3. The van der Waals surface area contributed by atoms with Crippen LogP contribution in [0.4, 0.5) is 10.1 Å². The molecule has 116 valence electrons. The van der Waals surface area contributed by atoms with Crippen molar-refractivity contribution in [3.63, 3.8) is 0 Å². The first-order chi connectivity index (χ1) is 10.6. The Labute approximate surface area is 126 Å². The van der Waals surface area contributed by atoms with Gasteiger partial charge in [0.15, 0.2) is 0 Å². The number of aromatic carboxylic acids is 1. The number of anilines is 1. The van der Waals surface area contributed by atoms with Crippen molar-refractivity contribution >= 4 is 23.3 Å². The third-order valence-electron chi connectivity index (χ3n) is 3.91. The number of hydrogen-bond donors (Lipinski definition) is 1. The van der Waals surface area contributed by atoms with Crippen LogP contribution >= 0.6 is 0 Å². The summed E-state index contributed by atoms with van der Waals surface area (Å²) in [5, 5.41) is 14.1. The molecule has 1 fully saturated rings. The first kappa shape index (κ1) is 14.6. The van der Waals surface area contributed by atoms with Crippen molar-refractivity contribution in [2.75, 3.05) is 18.2 Å².